The zero-order valence-electron chi connectivity index (χ0n) is 13.4. The van der Waals surface area contributed by atoms with Gasteiger partial charge in [-0.1, -0.05) is 12.1 Å². The second-order valence-electron chi connectivity index (χ2n) is 5.80. The Morgan fingerprint density at radius 3 is 2.44 bits per heavy atom. The Hall–Kier alpha value is -1.99. The van der Waals surface area contributed by atoms with Crippen LogP contribution in [-0.4, -0.2) is 35.4 Å². The van der Waals surface area contributed by atoms with Crippen molar-refractivity contribution in [2.45, 2.75) is 6.54 Å². The number of halogens is 3. The lowest BCUT2D eigenvalue weighted by molar-refractivity contribution is 0.102. The van der Waals surface area contributed by atoms with Crippen molar-refractivity contribution in [3.8, 4) is 0 Å². The highest BCUT2D eigenvalue weighted by Crippen LogP contribution is 2.18. The van der Waals surface area contributed by atoms with Crippen molar-refractivity contribution in [1.82, 2.24) is 4.90 Å². The van der Waals surface area contributed by atoms with E-state index >= 15 is 0 Å². The molecule has 0 saturated carbocycles. The minimum atomic E-state index is -1.58. The van der Waals surface area contributed by atoms with E-state index < -0.39 is 23.4 Å². The Morgan fingerprint density at radius 1 is 1.08 bits per heavy atom. The van der Waals surface area contributed by atoms with Gasteiger partial charge in [-0.25, -0.2) is 13.2 Å². The van der Waals surface area contributed by atoms with Crippen LogP contribution in [0.3, 0.4) is 0 Å². The van der Waals surface area contributed by atoms with Gasteiger partial charge in [-0.05, 0) is 29.8 Å². The molecule has 25 heavy (non-hydrogen) atoms. The number of carbonyl (C=O) groups is 1. The highest BCUT2D eigenvalue weighted by molar-refractivity contribution is 7.99. The SMILES string of the molecule is O=C(Nc1cccc(CN2CCSCC2)c1)c1cc(F)c(F)c(F)c1. The molecule has 1 aliphatic heterocycles. The van der Waals surface area contributed by atoms with Crippen LogP contribution in [0, 0.1) is 17.5 Å². The molecule has 132 valence electrons. The van der Waals surface area contributed by atoms with Crippen molar-refractivity contribution >= 4 is 23.4 Å². The monoisotopic (exact) mass is 366 g/mol. The fourth-order valence-electron chi connectivity index (χ4n) is 2.65. The van der Waals surface area contributed by atoms with E-state index in [2.05, 4.69) is 10.2 Å². The average molecular weight is 366 g/mol. The van der Waals surface area contributed by atoms with E-state index in [1.54, 1.807) is 6.07 Å². The van der Waals surface area contributed by atoms with Crippen molar-refractivity contribution in [3.05, 3.63) is 65.0 Å². The molecule has 7 heteroatoms. The Bertz CT molecular complexity index is 756. The molecule has 0 atom stereocenters. The number of rotatable bonds is 4. The molecule has 2 aromatic rings. The van der Waals surface area contributed by atoms with Gasteiger partial charge in [0.05, 0.1) is 0 Å². The summed E-state index contributed by atoms with van der Waals surface area (Å²) in [6, 6.07) is 8.68. The maximum atomic E-state index is 13.3. The molecule has 3 rings (SSSR count). The average Bonchev–Trinajstić information content (AvgIpc) is 2.60. The fourth-order valence-corrected chi connectivity index (χ4v) is 3.63. The molecule has 0 spiro atoms. The zero-order chi connectivity index (χ0) is 17.8. The number of nitrogens with zero attached hydrogens (tertiary/aromatic N) is 1. The summed E-state index contributed by atoms with van der Waals surface area (Å²) in [4.78, 5) is 14.5. The Kier molecular flexibility index (Phi) is 5.65. The quantitative estimate of drug-likeness (QED) is 0.833. The van der Waals surface area contributed by atoms with Crippen LogP contribution in [0.5, 0.6) is 0 Å². The molecule has 2 aromatic carbocycles. The summed E-state index contributed by atoms with van der Waals surface area (Å²) in [5, 5.41) is 2.59. The van der Waals surface area contributed by atoms with E-state index in [1.807, 2.05) is 30.0 Å². The Balaban J connectivity index is 1.70. The van der Waals surface area contributed by atoms with Crippen molar-refractivity contribution in [1.29, 1.82) is 0 Å². The van der Waals surface area contributed by atoms with Gasteiger partial charge in [-0.2, -0.15) is 11.8 Å². The molecule has 1 saturated heterocycles. The predicted octanol–water partition coefficient (Wildman–Crippen LogP) is 3.91. The first-order valence-corrected chi connectivity index (χ1v) is 9.03. The van der Waals surface area contributed by atoms with Gasteiger partial charge in [0, 0.05) is 42.4 Å². The molecule has 1 aliphatic rings. The van der Waals surface area contributed by atoms with Crippen molar-refractivity contribution in [2.75, 3.05) is 29.9 Å². The second kappa shape index (κ2) is 7.93. The van der Waals surface area contributed by atoms with Crippen molar-refractivity contribution in [3.63, 3.8) is 0 Å². The van der Waals surface area contributed by atoms with Crippen LogP contribution in [0.4, 0.5) is 18.9 Å². The maximum Gasteiger partial charge on any atom is 0.255 e. The number of hydrogen-bond acceptors (Lipinski definition) is 3. The van der Waals surface area contributed by atoms with Gasteiger partial charge in [0.1, 0.15) is 0 Å². The van der Waals surface area contributed by atoms with Gasteiger partial charge in [-0.15, -0.1) is 0 Å². The van der Waals surface area contributed by atoms with Crippen LogP contribution in [0.15, 0.2) is 36.4 Å². The first-order valence-electron chi connectivity index (χ1n) is 7.88. The van der Waals surface area contributed by atoms with Gasteiger partial charge in [0.25, 0.3) is 5.91 Å². The summed E-state index contributed by atoms with van der Waals surface area (Å²) in [6.45, 7) is 2.83. The van der Waals surface area contributed by atoms with Gasteiger partial charge in [0.2, 0.25) is 0 Å². The summed E-state index contributed by atoms with van der Waals surface area (Å²) in [5.41, 5.74) is 1.30. The van der Waals surface area contributed by atoms with Crippen LogP contribution in [0.25, 0.3) is 0 Å². The molecule has 1 amide bonds. The first kappa shape index (κ1) is 17.8. The Labute approximate surface area is 148 Å². The topological polar surface area (TPSA) is 32.3 Å². The largest absolute Gasteiger partial charge is 0.322 e. The lowest BCUT2D eigenvalue weighted by Crippen LogP contribution is -2.31. The normalized spacial score (nSPS) is 15.2. The molecule has 0 bridgehead atoms. The van der Waals surface area contributed by atoms with Crippen molar-refractivity contribution < 1.29 is 18.0 Å². The fraction of sp³-hybridized carbons (Fsp3) is 0.278. The van der Waals surface area contributed by atoms with Crippen LogP contribution in [0.1, 0.15) is 15.9 Å². The summed E-state index contributed by atoms with van der Waals surface area (Å²) in [7, 11) is 0. The highest BCUT2D eigenvalue weighted by Gasteiger charge is 2.16. The van der Waals surface area contributed by atoms with Crippen LogP contribution < -0.4 is 5.32 Å². The van der Waals surface area contributed by atoms with E-state index in [0.717, 1.165) is 36.7 Å². The zero-order valence-corrected chi connectivity index (χ0v) is 14.2. The van der Waals surface area contributed by atoms with E-state index in [1.165, 1.54) is 0 Å². The third-order valence-corrected chi connectivity index (χ3v) is 4.88. The highest BCUT2D eigenvalue weighted by atomic mass is 32.2. The minimum Gasteiger partial charge on any atom is -0.322 e. The third kappa shape index (κ3) is 4.55. The number of nitrogens with one attached hydrogen (secondary N) is 1. The number of thioether (sulfide) groups is 1. The molecular weight excluding hydrogens is 349 g/mol. The maximum absolute atomic E-state index is 13.3. The smallest absolute Gasteiger partial charge is 0.255 e. The van der Waals surface area contributed by atoms with Gasteiger partial charge >= 0.3 is 0 Å². The van der Waals surface area contributed by atoms with Gasteiger partial charge in [0.15, 0.2) is 17.5 Å². The number of amides is 1. The van der Waals surface area contributed by atoms with Gasteiger partial charge in [-0.3, -0.25) is 9.69 Å². The molecule has 0 aliphatic carbocycles. The summed E-state index contributed by atoms with van der Waals surface area (Å²) < 4.78 is 39.5. The lowest BCUT2D eigenvalue weighted by Gasteiger charge is -2.26. The van der Waals surface area contributed by atoms with E-state index in [9.17, 15) is 18.0 Å². The molecule has 0 unspecified atom stereocenters. The van der Waals surface area contributed by atoms with Crippen LogP contribution in [0.2, 0.25) is 0 Å². The van der Waals surface area contributed by atoms with Crippen molar-refractivity contribution in [2.24, 2.45) is 0 Å². The number of hydrogen-bond donors (Lipinski definition) is 1. The summed E-state index contributed by atoms with van der Waals surface area (Å²) in [6.07, 6.45) is 0. The van der Waals surface area contributed by atoms with E-state index in [0.29, 0.717) is 17.8 Å². The number of carbonyl (C=O) groups excluding carboxylic acids is 1. The molecule has 1 N–H and O–H groups in total. The molecule has 3 nitrogen and oxygen atoms in total. The van der Waals surface area contributed by atoms with Crippen LogP contribution in [-0.2, 0) is 6.54 Å². The molecule has 1 heterocycles. The van der Waals surface area contributed by atoms with E-state index in [4.69, 9.17) is 0 Å². The summed E-state index contributed by atoms with van der Waals surface area (Å²) in [5.74, 6) is -2.83. The summed E-state index contributed by atoms with van der Waals surface area (Å²) >= 11 is 1.94. The molecular formula is C18H17F3N2OS. The minimum absolute atomic E-state index is 0.269. The Morgan fingerprint density at radius 2 is 1.76 bits per heavy atom. The second-order valence-corrected chi connectivity index (χ2v) is 7.02. The number of benzene rings is 2. The number of anilines is 1. The van der Waals surface area contributed by atoms with E-state index in [-0.39, 0.29) is 5.56 Å². The molecule has 0 aromatic heterocycles. The van der Waals surface area contributed by atoms with Crippen LogP contribution >= 0.6 is 11.8 Å². The lowest BCUT2D eigenvalue weighted by atomic mass is 10.1. The third-order valence-electron chi connectivity index (χ3n) is 3.94. The standard InChI is InChI=1S/C18H17F3N2OS/c19-15-9-13(10-16(20)17(15)21)18(24)22-14-3-1-2-12(8-14)11-23-4-6-25-7-5-23/h1-3,8-10H,4-7,11H2,(H,22,24). The molecule has 1 fully saturated rings. The first-order chi connectivity index (χ1) is 12.0. The molecule has 0 radical (unpaired) electrons. The van der Waals surface area contributed by atoms with Gasteiger partial charge < -0.3 is 5.32 Å². The predicted molar refractivity (Wildman–Crippen MR) is 93.3 cm³/mol.